The molecule has 0 spiro atoms. The molecule has 2 aliphatic rings. The van der Waals surface area contributed by atoms with Crippen LogP contribution >= 0.6 is 15.9 Å². The number of benzene rings is 1. The Labute approximate surface area is 115 Å². The van der Waals surface area contributed by atoms with Gasteiger partial charge in [0.1, 0.15) is 5.82 Å². The van der Waals surface area contributed by atoms with E-state index in [1.54, 1.807) is 18.2 Å². The van der Waals surface area contributed by atoms with Crippen LogP contribution in [0.25, 0.3) is 0 Å². The Bertz CT molecular complexity index is 485. The number of hydrogen-bond donors (Lipinski definition) is 0. The van der Waals surface area contributed by atoms with E-state index in [4.69, 9.17) is 0 Å². The van der Waals surface area contributed by atoms with Crippen molar-refractivity contribution < 1.29 is 9.18 Å². The van der Waals surface area contributed by atoms with Crippen molar-refractivity contribution in [1.29, 1.82) is 0 Å². The van der Waals surface area contributed by atoms with Gasteiger partial charge < -0.3 is 0 Å². The number of Topliss-reactive ketones (excluding diaryl/α,β-unsaturated/α-hetero) is 1. The number of hydrogen-bond acceptors (Lipinski definition) is 1. The van der Waals surface area contributed by atoms with Crippen LogP contribution in [0.3, 0.4) is 0 Å². The first-order valence-corrected chi connectivity index (χ1v) is 7.41. The molecule has 0 aromatic heterocycles. The zero-order valence-electron chi connectivity index (χ0n) is 10.2. The van der Waals surface area contributed by atoms with E-state index in [0.717, 1.165) is 5.92 Å². The van der Waals surface area contributed by atoms with Crippen molar-refractivity contribution in [1.82, 2.24) is 0 Å². The summed E-state index contributed by atoms with van der Waals surface area (Å²) in [5, 5.41) is 0. The van der Waals surface area contributed by atoms with Crippen LogP contribution in [-0.2, 0) is 0 Å². The third-order valence-corrected chi connectivity index (χ3v) is 5.20. The highest BCUT2D eigenvalue weighted by Crippen LogP contribution is 2.49. The second-order valence-corrected chi connectivity index (χ2v) is 6.52. The van der Waals surface area contributed by atoms with Crippen LogP contribution in [0, 0.1) is 23.6 Å². The Balaban J connectivity index is 1.73. The molecule has 0 aliphatic heterocycles. The summed E-state index contributed by atoms with van der Waals surface area (Å²) in [4.78, 5) is 12.2. The molecule has 96 valence electrons. The van der Waals surface area contributed by atoms with Crippen LogP contribution in [0.15, 0.2) is 22.7 Å². The van der Waals surface area contributed by atoms with Gasteiger partial charge in [0, 0.05) is 6.42 Å². The largest absolute Gasteiger partial charge is 0.294 e. The van der Waals surface area contributed by atoms with Crippen molar-refractivity contribution in [2.45, 2.75) is 32.1 Å². The number of rotatable bonds is 3. The van der Waals surface area contributed by atoms with Gasteiger partial charge in [-0.15, -0.1) is 0 Å². The van der Waals surface area contributed by atoms with E-state index >= 15 is 0 Å². The van der Waals surface area contributed by atoms with Gasteiger partial charge in [0.25, 0.3) is 0 Å². The van der Waals surface area contributed by atoms with E-state index in [-0.39, 0.29) is 11.3 Å². The predicted molar refractivity (Wildman–Crippen MR) is 72.0 cm³/mol. The fourth-order valence-electron chi connectivity index (χ4n) is 3.69. The van der Waals surface area contributed by atoms with Gasteiger partial charge >= 0.3 is 0 Å². The second kappa shape index (κ2) is 4.76. The van der Waals surface area contributed by atoms with E-state index in [0.29, 0.717) is 22.7 Å². The molecule has 0 amide bonds. The average Bonchev–Trinajstić information content (AvgIpc) is 2.94. The molecule has 0 radical (unpaired) electrons. The molecule has 18 heavy (non-hydrogen) atoms. The number of halogens is 2. The fourth-order valence-corrected chi connectivity index (χ4v) is 4.06. The van der Waals surface area contributed by atoms with E-state index in [9.17, 15) is 9.18 Å². The third-order valence-electron chi connectivity index (χ3n) is 4.58. The van der Waals surface area contributed by atoms with E-state index in [1.807, 2.05) is 0 Å². The summed E-state index contributed by atoms with van der Waals surface area (Å²) >= 11 is 3.13. The Morgan fingerprint density at radius 3 is 2.83 bits per heavy atom. The first kappa shape index (κ1) is 12.3. The van der Waals surface area contributed by atoms with Crippen molar-refractivity contribution in [2.75, 3.05) is 0 Å². The van der Waals surface area contributed by atoms with E-state index < -0.39 is 5.82 Å². The zero-order chi connectivity index (χ0) is 12.7. The zero-order valence-corrected chi connectivity index (χ0v) is 11.7. The molecule has 0 heterocycles. The van der Waals surface area contributed by atoms with Gasteiger partial charge in [0.05, 0.1) is 10.0 Å². The minimum absolute atomic E-state index is 0.0358. The lowest BCUT2D eigenvalue weighted by molar-refractivity contribution is 0.0940. The van der Waals surface area contributed by atoms with Crippen LogP contribution < -0.4 is 0 Å². The maximum absolute atomic E-state index is 13.8. The molecule has 3 heteroatoms. The van der Waals surface area contributed by atoms with Crippen LogP contribution in [0.1, 0.15) is 42.5 Å². The highest BCUT2D eigenvalue weighted by molar-refractivity contribution is 9.10. The minimum Gasteiger partial charge on any atom is -0.294 e. The number of fused-ring (bicyclic) bond motifs is 2. The van der Waals surface area contributed by atoms with E-state index in [2.05, 4.69) is 15.9 Å². The maximum Gasteiger partial charge on any atom is 0.166 e. The normalized spacial score (nSPS) is 29.8. The summed E-state index contributed by atoms with van der Waals surface area (Å²) < 4.78 is 14.2. The van der Waals surface area contributed by atoms with Gasteiger partial charge in [0.2, 0.25) is 0 Å². The van der Waals surface area contributed by atoms with Crippen LogP contribution in [0.5, 0.6) is 0 Å². The lowest BCUT2D eigenvalue weighted by atomic mass is 9.84. The summed E-state index contributed by atoms with van der Waals surface area (Å²) in [5.41, 5.74) is 0.243. The van der Waals surface area contributed by atoms with Gasteiger partial charge in [-0.05, 0) is 65.1 Å². The average molecular weight is 311 g/mol. The Hall–Kier alpha value is -0.700. The fraction of sp³-hybridized carbons (Fsp3) is 0.533. The lowest BCUT2D eigenvalue weighted by Crippen LogP contribution is -2.16. The monoisotopic (exact) mass is 310 g/mol. The van der Waals surface area contributed by atoms with Crippen LogP contribution in [0.2, 0.25) is 0 Å². The van der Waals surface area contributed by atoms with Crippen molar-refractivity contribution in [3.05, 3.63) is 34.1 Å². The van der Waals surface area contributed by atoms with Gasteiger partial charge in [-0.3, -0.25) is 4.79 Å². The summed E-state index contributed by atoms with van der Waals surface area (Å²) in [6.07, 6.45) is 5.59. The molecule has 0 saturated heterocycles. The van der Waals surface area contributed by atoms with Gasteiger partial charge in [0.15, 0.2) is 5.78 Å². The Morgan fingerprint density at radius 1 is 1.33 bits per heavy atom. The number of carbonyl (C=O) groups is 1. The summed E-state index contributed by atoms with van der Waals surface area (Å²) in [7, 11) is 0. The molecule has 1 nitrogen and oxygen atoms in total. The second-order valence-electron chi connectivity index (χ2n) is 5.66. The van der Waals surface area contributed by atoms with Crippen molar-refractivity contribution >= 4 is 21.7 Å². The number of ketones is 1. The summed E-state index contributed by atoms with van der Waals surface area (Å²) in [5.74, 6) is 1.60. The molecule has 3 rings (SSSR count). The van der Waals surface area contributed by atoms with Gasteiger partial charge in [-0.25, -0.2) is 4.39 Å². The standard InChI is InChI=1S/C15H16BrFO/c16-13-3-1-2-12(15(13)17)14(18)8-11-7-9-4-5-10(11)6-9/h1-3,9-11H,4-8H2. The molecule has 2 bridgehead atoms. The van der Waals surface area contributed by atoms with Crippen LogP contribution in [-0.4, -0.2) is 5.78 Å². The molecule has 2 saturated carbocycles. The van der Waals surface area contributed by atoms with E-state index in [1.165, 1.54) is 25.7 Å². The molecular weight excluding hydrogens is 295 g/mol. The Morgan fingerprint density at radius 2 is 2.17 bits per heavy atom. The molecule has 2 fully saturated rings. The minimum atomic E-state index is -0.411. The van der Waals surface area contributed by atoms with Gasteiger partial charge in [-0.2, -0.15) is 0 Å². The van der Waals surface area contributed by atoms with Crippen molar-refractivity contribution in [3.63, 3.8) is 0 Å². The number of carbonyl (C=O) groups excluding carboxylic acids is 1. The lowest BCUT2D eigenvalue weighted by Gasteiger charge is -2.20. The predicted octanol–water partition coefficient (Wildman–Crippen LogP) is 4.60. The maximum atomic E-state index is 13.8. The highest BCUT2D eigenvalue weighted by Gasteiger charge is 2.40. The Kier molecular flexibility index (Phi) is 3.27. The van der Waals surface area contributed by atoms with Crippen LogP contribution in [0.4, 0.5) is 4.39 Å². The quantitative estimate of drug-likeness (QED) is 0.746. The van der Waals surface area contributed by atoms with Gasteiger partial charge in [-0.1, -0.05) is 12.5 Å². The molecular formula is C15H16BrFO. The molecule has 3 atom stereocenters. The molecule has 0 N–H and O–H groups in total. The summed E-state index contributed by atoms with van der Waals surface area (Å²) in [6.45, 7) is 0. The summed E-state index contributed by atoms with van der Waals surface area (Å²) in [6, 6.07) is 4.94. The first-order chi connectivity index (χ1) is 8.65. The van der Waals surface area contributed by atoms with Crippen molar-refractivity contribution in [2.24, 2.45) is 17.8 Å². The van der Waals surface area contributed by atoms with Crippen molar-refractivity contribution in [3.8, 4) is 0 Å². The smallest absolute Gasteiger partial charge is 0.166 e. The molecule has 3 unspecified atom stereocenters. The topological polar surface area (TPSA) is 17.1 Å². The molecule has 2 aliphatic carbocycles. The molecule has 1 aromatic carbocycles. The molecule has 1 aromatic rings. The highest BCUT2D eigenvalue weighted by atomic mass is 79.9. The SMILES string of the molecule is O=C(CC1CC2CCC1C2)c1cccc(Br)c1F. The first-order valence-electron chi connectivity index (χ1n) is 6.62. The third kappa shape index (κ3) is 2.13.